The van der Waals surface area contributed by atoms with Crippen LogP contribution in [0.3, 0.4) is 0 Å². The third-order valence-corrected chi connectivity index (χ3v) is 7.37. The van der Waals surface area contributed by atoms with Crippen LogP contribution in [0.25, 0.3) is 22.2 Å². The molecular weight excluding hydrogens is 438 g/mol. The van der Waals surface area contributed by atoms with Crippen molar-refractivity contribution in [3.8, 4) is 17.0 Å². The molecule has 6 nitrogen and oxygen atoms in total. The van der Waals surface area contributed by atoms with E-state index in [0.29, 0.717) is 30.0 Å². The highest BCUT2D eigenvalue weighted by molar-refractivity contribution is 7.89. The molecule has 9 heteroatoms. The lowest BCUT2D eigenvalue weighted by molar-refractivity contribution is 0.233. The summed E-state index contributed by atoms with van der Waals surface area (Å²) in [5.74, 6) is -0.127. The minimum atomic E-state index is -3.95. The molecule has 1 saturated heterocycles. The number of aliphatic hydroxyl groups excluding tert-OH is 1. The number of fused-ring (bicyclic) bond motifs is 1. The molecule has 0 unspecified atom stereocenters. The number of aliphatic hydroxyl groups is 1. The van der Waals surface area contributed by atoms with E-state index in [4.69, 9.17) is 9.84 Å². The van der Waals surface area contributed by atoms with E-state index < -0.39 is 22.0 Å². The molecule has 1 N–H and O–H groups in total. The number of pyridine rings is 1. The third kappa shape index (κ3) is 4.46. The fraction of sp³-hybridized carbons (Fsp3) is 0.348. The highest BCUT2D eigenvalue weighted by Crippen LogP contribution is 2.31. The van der Waals surface area contributed by atoms with Gasteiger partial charge in [-0.2, -0.15) is 4.31 Å². The number of sulfonamides is 1. The largest absolute Gasteiger partial charge is 0.493 e. The molecule has 0 aliphatic carbocycles. The first-order valence-electron chi connectivity index (χ1n) is 10.4. The van der Waals surface area contributed by atoms with Gasteiger partial charge in [0.25, 0.3) is 0 Å². The molecule has 1 aromatic heterocycles. The van der Waals surface area contributed by atoms with Crippen molar-refractivity contribution in [2.45, 2.75) is 30.8 Å². The van der Waals surface area contributed by atoms with Crippen molar-refractivity contribution in [2.24, 2.45) is 0 Å². The van der Waals surface area contributed by atoms with E-state index in [1.165, 1.54) is 12.1 Å². The maximum Gasteiger partial charge on any atom is 0.243 e. The van der Waals surface area contributed by atoms with Gasteiger partial charge in [0.15, 0.2) is 0 Å². The highest BCUT2D eigenvalue weighted by Gasteiger charge is 2.33. The highest BCUT2D eigenvalue weighted by atomic mass is 32.2. The quantitative estimate of drug-likeness (QED) is 0.540. The van der Waals surface area contributed by atoms with E-state index in [9.17, 15) is 12.8 Å². The topological polar surface area (TPSA) is 79.7 Å². The number of benzene rings is 2. The Morgan fingerprint density at radius 2 is 2.03 bits per heavy atom. The van der Waals surface area contributed by atoms with Gasteiger partial charge in [0.2, 0.25) is 10.0 Å². The molecule has 170 valence electrons. The monoisotopic (exact) mass is 462 g/mol. The van der Waals surface area contributed by atoms with Gasteiger partial charge in [-0.25, -0.2) is 22.2 Å². The molecule has 1 atom stereocenters. The van der Waals surface area contributed by atoms with Gasteiger partial charge < -0.3 is 9.84 Å². The van der Waals surface area contributed by atoms with Crippen molar-refractivity contribution in [1.29, 1.82) is 0 Å². The zero-order valence-electron chi connectivity index (χ0n) is 17.6. The number of hydrogen-bond donors (Lipinski definition) is 1. The SMILES string of the molecule is Cc1cc(-c2ccc(S(=O)(=O)N3CC[C@H](F)C3)cc2F)nc2cc(OCCCO)ccc12. The Morgan fingerprint density at radius 1 is 1.22 bits per heavy atom. The van der Waals surface area contributed by atoms with E-state index in [0.717, 1.165) is 21.3 Å². The number of rotatable bonds is 7. The Bertz CT molecular complexity index is 1250. The number of ether oxygens (including phenoxy) is 1. The Kier molecular flexibility index (Phi) is 6.41. The zero-order valence-corrected chi connectivity index (χ0v) is 18.4. The minimum Gasteiger partial charge on any atom is -0.493 e. The predicted molar refractivity (Wildman–Crippen MR) is 117 cm³/mol. The second-order valence-electron chi connectivity index (χ2n) is 7.82. The van der Waals surface area contributed by atoms with Crippen molar-refractivity contribution in [3.63, 3.8) is 0 Å². The summed E-state index contributed by atoms with van der Waals surface area (Å²) in [6.45, 7) is 2.16. The summed E-state index contributed by atoms with van der Waals surface area (Å²) in [4.78, 5) is 4.35. The lowest BCUT2D eigenvalue weighted by atomic mass is 10.0. The van der Waals surface area contributed by atoms with Crippen molar-refractivity contribution >= 4 is 20.9 Å². The van der Waals surface area contributed by atoms with E-state index in [1.807, 2.05) is 19.1 Å². The molecule has 0 saturated carbocycles. The van der Waals surface area contributed by atoms with E-state index in [1.54, 1.807) is 12.1 Å². The van der Waals surface area contributed by atoms with Gasteiger partial charge in [-0.1, -0.05) is 0 Å². The maximum atomic E-state index is 15.0. The van der Waals surface area contributed by atoms with Gasteiger partial charge in [-0.3, -0.25) is 0 Å². The standard InChI is InChI=1S/C23H24F2N2O4S/c1-15-11-22(26-23-12-17(3-5-19(15)23)31-10-2-9-28)20-6-4-18(13-21(20)25)32(29,30)27-8-7-16(24)14-27/h3-6,11-13,16,28H,2,7-10,14H2,1H3/t16-/m0/s1. The zero-order chi connectivity index (χ0) is 22.9. The van der Waals surface area contributed by atoms with Crippen LogP contribution in [0.5, 0.6) is 5.75 Å². The van der Waals surface area contributed by atoms with Gasteiger partial charge in [-0.05, 0) is 55.3 Å². The average molecular weight is 463 g/mol. The second kappa shape index (κ2) is 9.09. The smallest absolute Gasteiger partial charge is 0.243 e. The van der Waals surface area contributed by atoms with E-state index in [2.05, 4.69) is 4.98 Å². The summed E-state index contributed by atoms with van der Waals surface area (Å²) in [6, 6.07) is 10.9. The molecule has 0 radical (unpaired) electrons. The molecule has 1 fully saturated rings. The fourth-order valence-electron chi connectivity index (χ4n) is 3.78. The van der Waals surface area contributed by atoms with Crippen LogP contribution in [0.2, 0.25) is 0 Å². The minimum absolute atomic E-state index is 0.0339. The normalized spacial score (nSPS) is 17.2. The van der Waals surface area contributed by atoms with Crippen molar-refractivity contribution < 1.29 is 27.0 Å². The molecule has 3 aromatic rings. The van der Waals surface area contributed by atoms with Gasteiger partial charge in [0, 0.05) is 43.1 Å². The summed E-state index contributed by atoms with van der Waals surface area (Å²) in [5.41, 5.74) is 2.04. The van der Waals surface area contributed by atoms with Crippen molar-refractivity contribution in [1.82, 2.24) is 9.29 Å². The molecular formula is C23H24F2N2O4S. The number of halogens is 2. The Labute approximate surface area is 185 Å². The lowest BCUT2D eigenvalue weighted by Crippen LogP contribution is -2.29. The van der Waals surface area contributed by atoms with Crippen LogP contribution < -0.4 is 4.74 Å². The number of hydrogen-bond acceptors (Lipinski definition) is 5. The van der Waals surface area contributed by atoms with Crippen molar-refractivity contribution in [3.05, 3.63) is 53.8 Å². The van der Waals surface area contributed by atoms with Gasteiger partial charge in [0.1, 0.15) is 17.7 Å². The fourth-order valence-corrected chi connectivity index (χ4v) is 5.28. The number of nitrogens with zero attached hydrogens (tertiary/aromatic N) is 2. The van der Waals surface area contributed by atoms with Crippen LogP contribution in [0.15, 0.2) is 47.4 Å². The number of aromatic nitrogens is 1. The molecule has 0 bridgehead atoms. The van der Waals surface area contributed by atoms with Gasteiger partial charge in [0.05, 0.1) is 22.7 Å². The van der Waals surface area contributed by atoms with Crippen LogP contribution in [-0.4, -0.2) is 55.3 Å². The Hall–Kier alpha value is -2.62. The molecule has 0 spiro atoms. The van der Waals surface area contributed by atoms with Crippen LogP contribution in [0.1, 0.15) is 18.4 Å². The molecule has 2 aromatic carbocycles. The molecule has 4 rings (SSSR count). The Morgan fingerprint density at radius 3 is 2.72 bits per heavy atom. The van der Waals surface area contributed by atoms with E-state index in [-0.39, 0.29) is 36.6 Å². The predicted octanol–water partition coefficient (Wildman–Crippen LogP) is 3.84. The molecule has 1 aliphatic rings. The summed E-state index contributed by atoms with van der Waals surface area (Å²) < 4.78 is 60.5. The Balaban J connectivity index is 1.67. The summed E-state index contributed by atoms with van der Waals surface area (Å²) in [5, 5.41) is 9.79. The first kappa shape index (κ1) is 22.6. The van der Waals surface area contributed by atoms with Crippen LogP contribution >= 0.6 is 0 Å². The van der Waals surface area contributed by atoms with Crippen molar-refractivity contribution in [2.75, 3.05) is 26.3 Å². The second-order valence-corrected chi connectivity index (χ2v) is 9.76. The van der Waals surface area contributed by atoms with Gasteiger partial charge >= 0.3 is 0 Å². The summed E-state index contributed by atoms with van der Waals surface area (Å²) in [7, 11) is -3.95. The third-order valence-electron chi connectivity index (χ3n) is 5.51. The summed E-state index contributed by atoms with van der Waals surface area (Å²) >= 11 is 0. The molecule has 2 heterocycles. The molecule has 1 aliphatic heterocycles. The first-order chi connectivity index (χ1) is 15.3. The van der Waals surface area contributed by atoms with Gasteiger partial charge in [-0.15, -0.1) is 0 Å². The summed E-state index contributed by atoms with van der Waals surface area (Å²) in [6.07, 6.45) is -0.545. The van der Waals surface area contributed by atoms with Crippen LogP contribution in [-0.2, 0) is 10.0 Å². The maximum absolute atomic E-state index is 15.0. The molecule has 0 amide bonds. The number of aryl methyl sites for hydroxylation is 1. The van der Waals surface area contributed by atoms with E-state index >= 15 is 4.39 Å². The van der Waals surface area contributed by atoms with Crippen LogP contribution in [0, 0.1) is 12.7 Å². The number of alkyl halides is 1. The molecule has 32 heavy (non-hydrogen) atoms. The van der Waals surface area contributed by atoms with Crippen LogP contribution in [0.4, 0.5) is 8.78 Å². The lowest BCUT2D eigenvalue weighted by Gasteiger charge is -2.16. The average Bonchev–Trinajstić information content (AvgIpc) is 3.21. The first-order valence-corrected chi connectivity index (χ1v) is 11.8.